The van der Waals surface area contributed by atoms with Gasteiger partial charge in [0.2, 0.25) is 0 Å². The Hall–Kier alpha value is -2.35. The summed E-state index contributed by atoms with van der Waals surface area (Å²) >= 11 is 0. The molecule has 0 amide bonds. The number of aryl methyl sites for hydroxylation is 1. The van der Waals surface area contributed by atoms with Gasteiger partial charge in [-0.2, -0.15) is 10.4 Å². The maximum absolute atomic E-state index is 12.9. The van der Waals surface area contributed by atoms with Crippen molar-refractivity contribution in [3.05, 3.63) is 47.5 Å². The largest absolute Gasteiger partial charge is 0.384 e. The zero-order valence-corrected chi connectivity index (χ0v) is 10.0. The van der Waals surface area contributed by atoms with Crippen molar-refractivity contribution in [2.24, 2.45) is 7.05 Å². The molecule has 2 rings (SSSR count). The van der Waals surface area contributed by atoms with E-state index in [0.29, 0.717) is 17.8 Å². The quantitative estimate of drug-likeness (QED) is 0.896. The highest BCUT2D eigenvalue weighted by Crippen LogP contribution is 2.15. The number of anilines is 1. The normalized spacial score (nSPS) is 10.1. The standard InChI is InChI=1S/C13H13FN4/c1-18-7-5-12(17-18)4-6-16-13-3-2-11(14)8-10(13)9-15/h2-3,5,7-8,16H,4,6H2,1H3. The summed E-state index contributed by atoms with van der Waals surface area (Å²) in [6.07, 6.45) is 2.64. The van der Waals surface area contributed by atoms with E-state index in [4.69, 9.17) is 5.26 Å². The molecule has 4 nitrogen and oxygen atoms in total. The number of nitriles is 1. The van der Waals surface area contributed by atoms with E-state index in [0.717, 1.165) is 12.1 Å². The van der Waals surface area contributed by atoms with Crippen molar-refractivity contribution < 1.29 is 4.39 Å². The molecule has 18 heavy (non-hydrogen) atoms. The lowest BCUT2D eigenvalue weighted by molar-refractivity contribution is 0.627. The van der Waals surface area contributed by atoms with Crippen molar-refractivity contribution in [2.45, 2.75) is 6.42 Å². The Morgan fingerprint density at radius 3 is 2.94 bits per heavy atom. The third-order valence-corrected chi connectivity index (χ3v) is 2.57. The first kappa shape index (κ1) is 12.1. The fraction of sp³-hybridized carbons (Fsp3) is 0.231. The second-order valence-corrected chi connectivity index (χ2v) is 3.96. The zero-order chi connectivity index (χ0) is 13.0. The third kappa shape index (κ3) is 2.86. The molecule has 1 aromatic carbocycles. The summed E-state index contributed by atoms with van der Waals surface area (Å²) in [5, 5.41) is 16.3. The molecule has 1 aromatic heterocycles. The molecule has 0 radical (unpaired) electrons. The van der Waals surface area contributed by atoms with Crippen molar-refractivity contribution in [2.75, 3.05) is 11.9 Å². The third-order valence-electron chi connectivity index (χ3n) is 2.57. The molecule has 0 saturated heterocycles. The van der Waals surface area contributed by atoms with Gasteiger partial charge in [0.25, 0.3) is 0 Å². The number of rotatable bonds is 4. The van der Waals surface area contributed by atoms with Gasteiger partial charge in [-0.25, -0.2) is 4.39 Å². The number of halogens is 1. The Balaban J connectivity index is 1.96. The minimum absolute atomic E-state index is 0.316. The van der Waals surface area contributed by atoms with Crippen LogP contribution in [0.1, 0.15) is 11.3 Å². The second kappa shape index (κ2) is 5.32. The van der Waals surface area contributed by atoms with Gasteiger partial charge in [-0.15, -0.1) is 0 Å². The predicted octanol–water partition coefficient (Wildman–Crippen LogP) is 2.09. The summed E-state index contributed by atoms with van der Waals surface area (Å²) in [4.78, 5) is 0. The fourth-order valence-electron chi connectivity index (χ4n) is 1.68. The van der Waals surface area contributed by atoms with Crippen molar-refractivity contribution >= 4 is 5.69 Å². The van der Waals surface area contributed by atoms with Crippen LogP contribution in [0.4, 0.5) is 10.1 Å². The van der Waals surface area contributed by atoms with E-state index in [1.54, 1.807) is 10.7 Å². The van der Waals surface area contributed by atoms with E-state index in [-0.39, 0.29) is 0 Å². The van der Waals surface area contributed by atoms with Crippen molar-refractivity contribution in [3.8, 4) is 6.07 Å². The summed E-state index contributed by atoms with van der Waals surface area (Å²) in [6, 6.07) is 8.05. The van der Waals surface area contributed by atoms with E-state index in [9.17, 15) is 4.39 Å². The molecule has 0 spiro atoms. The Morgan fingerprint density at radius 2 is 2.28 bits per heavy atom. The lowest BCUT2D eigenvalue weighted by Crippen LogP contribution is -2.07. The zero-order valence-electron chi connectivity index (χ0n) is 10.0. The van der Waals surface area contributed by atoms with Crippen LogP contribution in [-0.2, 0) is 13.5 Å². The van der Waals surface area contributed by atoms with Crippen LogP contribution >= 0.6 is 0 Å². The molecule has 0 aliphatic rings. The minimum atomic E-state index is -0.401. The molecule has 1 N–H and O–H groups in total. The molecule has 0 unspecified atom stereocenters. The first-order chi connectivity index (χ1) is 8.69. The molecule has 2 aromatic rings. The predicted molar refractivity (Wildman–Crippen MR) is 66.5 cm³/mol. The average Bonchev–Trinajstić information content (AvgIpc) is 2.77. The highest BCUT2D eigenvalue weighted by atomic mass is 19.1. The monoisotopic (exact) mass is 244 g/mol. The molecular weight excluding hydrogens is 231 g/mol. The molecular formula is C13H13FN4. The van der Waals surface area contributed by atoms with E-state index < -0.39 is 5.82 Å². The first-order valence-electron chi connectivity index (χ1n) is 5.61. The molecule has 0 bridgehead atoms. The van der Waals surface area contributed by atoms with Gasteiger partial charge in [0.15, 0.2) is 0 Å². The summed E-state index contributed by atoms with van der Waals surface area (Å²) in [7, 11) is 1.87. The molecule has 0 aliphatic carbocycles. The van der Waals surface area contributed by atoms with Crippen LogP contribution in [0.25, 0.3) is 0 Å². The van der Waals surface area contributed by atoms with E-state index in [1.165, 1.54) is 12.1 Å². The number of hydrogen-bond acceptors (Lipinski definition) is 3. The Morgan fingerprint density at radius 1 is 1.44 bits per heavy atom. The number of aromatic nitrogens is 2. The molecule has 5 heteroatoms. The SMILES string of the molecule is Cn1ccc(CCNc2ccc(F)cc2C#N)n1. The van der Waals surface area contributed by atoms with Crippen LogP contribution in [0.3, 0.4) is 0 Å². The van der Waals surface area contributed by atoms with Crippen LogP contribution in [0, 0.1) is 17.1 Å². The van der Waals surface area contributed by atoms with Gasteiger partial charge >= 0.3 is 0 Å². The van der Waals surface area contributed by atoms with E-state index >= 15 is 0 Å². The van der Waals surface area contributed by atoms with Gasteiger partial charge in [-0.05, 0) is 24.3 Å². The summed E-state index contributed by atoms with van der Waals surface area (Å²) in [5.41, 5.74) is 1.94. The first-order valence-corrected chi connectivity index (χ1v) is 5.61. The highest BCUT2D eigenvalue weighted by molar-refractivity contribution is 5.57. The highest BCUT2D eigenvalue weighted by Gasteiger charge is 2.03. The van der Waals surface area contributed by atoms with Crippen LogP contribution in [-0.4, -0.2) is 16.3 Å². The lowest BCUT2D eigenvalue weighted by atomic mass is 10.2. The minimum Gasteiger partial charge on any atom is -0.384 e. The maximum atomic E-state index is 12.9. The number of nitrogens with zero attached hydrogens (tertiary/aromatic N) is 3. The van der Waals surface area contributed by atoms with Gasteiger partial charge in [0, 0.05) is 26.2 Å². The molecule has 0 fully saturated rings. The van der Waals surface area contributed by atoms with E-state index in [1.807, 2.05) is 25.4 Å². The average molecular weight is 244 g/mol. The topological polar surface area (TPSA) is 53.6 Å². The molecule has 0 aliphatic heterocycles. The van der Waals surface area contributed by atoms with Crippen molar-refractivity contribution in [1.29, 1.82) is 5.26 Å². The molecule has 0 atom stereocenters. The number of hydrogen-bond donors (Lipinski definition) is 1. The lowest BCUT2D eigenvalue weighted by Gasteiger charge is -2.07. The van der Waals surface area contributed by atoms with Gasteiger partial charge in [-0.1, -0.05) is 0 Å². The number of benzene rings is 1. The molecule has 0 saturated carbocycles. The van der Waals surface area contributed by atoms with Crippen molar-refractivity contribution in [3.63, 3.8) is 0 Å². The van der Waals surface area contributed by atoms with E-state index in [2.05, 4.69) is 10.4 Å². The van der Waals surface area contributed by atoms with Crippen molar-refractivity contribution in [1.82, 2.24) is 9.78 Å². The fourth-order valence-corrected chi connectivity index (χ4v) is 1.68. The smallest absolute Gasteiger partial charge is 0.124 e. The van der Waals surface area contributed by atoms with Gasteiger partial charge in [-0.3, -0.25) is 4.68 Å². The van der Waals surface area contributed by atoms with Crippen LogP contribution in [0.2, 0.25) is 0 Å². The number of nitrogens with one attached hydrogen (secondary N) is 1. The van der Waals surface area contributed by atoms with Gasteiger partial charge < -0.3 is 5.32 Å². The Kier molecular flexibility index (Phi) is 3.58. The summed E-state index contributed by atoms with van der Waals surface area (Å²) in [5.74, 6) is -0.401. The van der Waals surface area contributed by atoms with Crippen LogP contribution in [0.5, 0.6) is 0 Å². The van der Waals surface area contributed by atoms with Gasteiger partial charge in [0.05, 0.1) is 16.9 Å². The summed E-state index contributed by atoms with van der Waals surface area (Å²) in [6.45, 7) is 0.650. The summed E-state index contributed by atoms with van der Waals surface area (Å²) < 4.78 is 14.7. The van der Waals surface area contributed by atoms with Crippen LogP contribution in [0.15, 0.2) is 30.5 Å². The van der Waals surface area contributed by atoms with Crippen LogP contribution < -0.4 is 5.32 Å². The second-order valence-electron chi connectivity index (χ2n) is 3.96. The van der Waals surface area contributed by atoms with Gasteiger partial charge in [0.1, 0.15) is 11.9 Å². The molecule has 92 valence electrons. The molecule has 1 heterocycles. The Bertz CT molecular complexity index is 583. The Labute approximate surface area is 105 Å². The maximum Gasteiger partial charge on any atom is 0.124 e.